The molecule has 0 bridgehead atoms. The molecule has 2 aromatic rings. The van der Waals surface area contributed by atoms with Gasteiger partial charge in [0.1, 0.15) is 12.6 Å². The molecule has 2 atom stereocenters. The van der Waals surface area contributed by atoms with Crippen molar-refractivity contribution in [3.05, 3.63) is 54.7 Å². The number of rotatable bonds is 9. The minimum Gasteiger partial charge on any atom is -0.460 e. The minimum absolute atomic E-state index is 0.109. The molecular formula is C21H27N3O3. The Hall–Kier alpha value is -2.73. The van der Waals surface area contributed by atoms with Gasteiger partial charge >= 0.3 is 5.97 Å². The second-order valence-electron chi connectivity index (χ2n) is 6.79. The molecule has 2 rings (SSSR count). The van der Waals surface area contributed by atoms with Crippen LogP contribution in [0, 0.1) is 5.92 Å². The third kappa shape index (κ3) is 5.89. The van der Waals surface area contributed by atoms with Gasteiger partial charge in [-0.05, 0) is 30.9 Å². The lowest BCUT2D eigenvalue weighted by molar-refractivity contribution is -0.148. The summed E-state index contributed by atoms with van der Waals surface area (Å²) in [6.07, 6.45) is 2.50. The Morgan fingerprint density at radius 3 is 2.70 bits per heavy atom. The van der Waals surface area contributed by atoms with Crippen molar-refractivity contribution in [3.63, 3.8) is 0 Å². The van der Waals surface area contributed by atoms with E-state index in [4.69, 9.17) is 10.5 Å². The zero-order valence-corrected chi connectivity index (χ0v) is 15.9. The number of esters is 1. The van der Waals surface area contributed by atoms with E-state index in [0.717, 1.165) is 16.6 Å². The lowest BCUT2D eigenvalue weighted by Gasteiger charge is -2.22. The summed E-state index contributed by atoms with van der Waals surface area (Å²) in [5.74, 6) is -0.965. The number of carbonyl (C=O) groups is 2. The molecule has 144 valence electrons. The van der Waals surface area contributed by atoms with Crippen LogP contribution in [-0.4, -0.2) is 35.6 Å². The molecule has 3 N–H and O–H groups in total. The van der Waals surface area contributed by atoms with Crippen molar-refractivity contribution in [2.75, 3.05) is 6.61 Å². The quantitative estimate of drug-likeness (QED) is 0.523. The highest BCUT2D eigenvalue weighted by Gasteiger charge is 2.27. The summed E-state index contributed by atoms with van der Waals surface area (Å²) in [7, 11) is 0. The molecule has 1 unspecified atom stereocenters. The van der Waals surface area contributed by atoms with Crippen LogP contribution in [0.25, 0.3) is 10.9 Å². The van der Waals surface area contributed by atoms with E-state index in [0.29, 0.717) is 12.8 Å². The molecule has 1 aromatic heterocycles. The van der Waals surface area contributed by atoms with E-state index in [-0.39, 0.29) is 18.4 Å². The molecule has 0 radical (unpaired) electrons. The predicted molar refractivity (Wildman–Crippen MR) is 106 cm³/mol. The van der Waals surface area contributed by atoms with Crippen LogP contribution in [0.1, 0.15) is 26.0 Å². The summed E-state index contributed by atoms with van der Waals surface area (Å²) in [4.78, 5) is 29.0. The maximum absolute atomic E-state index is 12.4. The molecule has 1 amide bonds. The fourth-order valence-electron chi connectivity index (χ4n) is 2.67. The summed E-state index contributed by atoms with van der Waals surface area (Å²) in [6.45, 7) is 7.29. The van der Waals surface area contributed by atoms with Gasteiger partial charge in [-0.3, -0.25) is 9.78 Å². The van der Waals surface area contributed by atoms with E-state index in [1.807, 2.05) is 50.2 Å². The van der Waals surface area contributed by atoms with E-state index < -0.39 is 18.1 Å². The molecule has 0 fully saturated rings. The Balaban J connectivity index is 1.92. The monoisotopic (exact) mass is 369 g/mol. The van der Waals surface area contributed by atoms with E-state index in [1.165, 1.54) is 6.08 Å². The third-order valence-electron chi connectivity index (χ3n) is 4.27. The average Bonchev–Trinajstić information content (AvgIpc) is 2.67. The number of nitrogens with one attached hydrogen (secondary N) is 1. The summed E-state index contributed by atoms with van der Waals surface area (Å²) in [6, 6.07) is 10.3. The molecule has 6 heteroatoms. The third-order valence-corrected chi connectivity index (χ3v) is 4.27. The maximum Gasteiger partial charge on any atom is 0.329 e. The van der Waals surface area contributed by atoms with Crippen molar-refractivity contribution in [3.8, 4) is 0 Å². The number of fused-ring (bicyclic) bond motifs is 1. The molecule has 0 saturated carbocycles. The molecule has 1 heterocycles. The van der Waals surface area contributed by atoms with Gasteiger partial charge in [0.25, 0.3) is 0 Å². The first-order valence-electron chi connectivity index (χ1n) is 9.10. The number of pyridine rings is 1. The van der Waals surface area contributed by atoms with Gasteiger partial charge in [-0.1, -0.05) is 50.8 Å². The Labute approximate surface area is 159 Å². The minimum atomic E-state index is -0.734. The number of amides is 1. The number of nitrogens with two attached hydrogens (primary N) is 1. The predicted octanol–water partition coefficient (Wildman–Crippen LogP) is 2.36. The Bertz CT molecular complexity index is 804. The number of ether oxygens (including phenoxy) is 1. The normalized spacial score (nSPS) is 13.2. The number of carbonyl (C=O) groups excluding carboxylic acids is 2. The SMILES string of the molecule is C=CCOC(=O)C(NC(=O)[C@@H](N)CCc1ccc2ccccc2n1)C(C)C. The molecule has 1 aromatic carbocycles. The highest BCUT2D eigenvalue weighted by Crippen LogP contribution is 2.13. The van der Waals surface area contributed by atoms with E-state index >= 15 is 0 Å². The summed E-state index contributed by atoms with van der Waals surface area (Å²) in [5, 5.41) is 3.77. The van der Waals surface area contributed by atoms with E-state index in [1.54, 1.807) is 0 Å². The largest absolute Gasteiger partial charge is 0.460 e. The Morgan fingerprint density at radius 2 is 2.00 bits per heavy atom. The molecule has 6 nitrogen and oxygen atoms in total. The Kier molecular flexibility index (Phi) is 7.49. The Morgan fingerprint density at radius 1 is 1.26 bits per heavy atom. The van der Waals surface area contributed by atoms with Crippen molar-refractivity contribution >= 4 is 22.8 Å². The number of nitrogens with zero attached hydrogens (tertiary/aromatic N) is 1. The fraction of sp³-hybridized carbons (Fsp3) is 0.381. The summed E-state index contributed by atoms with van der Waals surface area (Å²) >= 11 is 0. The van der Waals surface area contributed by atoms with Crippen LogP contribution in [0.5, 0.6) is 0 Å². The highest BCUT2D eigenvalue weighted by molar-refractivity contribution is 5.87. The zero-order chi connectivity index (χ0) is 19.8. The molecule has 0 aliphatic rings. The summed E-state index contributed by atoms with van der Waals surface area (Å²) in [5.41, 5.74) is 7.81. The van der Waals surface area contributed by atoms with Crippen LogP contribution in [0.15, 0.2) is 49.1 Å². The van der Waals surface area contributed by atoms with Crippen molar-refractivity contribution in [2.24, 2.45) is 11.7 Å². The second-order valence-corrected chi connectivity index (χ2v) is 6.79. The van der Waals surface area contributed by atoms with E-state index in [2.05, 4.69) is 16.9 Å². The van der Waals surface area contributed by atoms with Gasteiger partial charge in [0, 0.05) is 11.1 Å². The van der Waals surface area contributed by atoms with Crippen molar-refractivity contribution in [1.29, 1.82) is 0 Å². The fourth-order valence-corrected chi connectivity index (χ4v) is 2.67. The van der Waals surface area contributed by atoms with Crippen LogP contribution < -0.4 is 11.1 Å². The standard InChI is InChI=1S/C21H27N3O3/c1-4-13-27-21(26)19(14(2)3)24-20(25)17(22)12-11-16-10-9-15-7-5-6-8-18(15)23-16/h4-10,14,17,19H,1,11-13,22H2,2-3H3,(H,24,25)/t17-,19?/m0/s1. The van der Waals surface area contributed by atoms with Gasteiger partial charge in [-0.25, -0.2) is 4.79 Å². The number of hydrogen-bond donors (Lipinski definition) is 2. The first kappa shape index (κ1) is 20.6. The lowest BCUT2D eigenvalue weighted by atomic mass is 10.0. The smallest absolute Gasteiger partial charge is 0.329 e. The number of aryl methyl sites for hydroxylation is 1. The topological polar surface area (TPSA) is 94.3 Å². The molecule has 0 aliphatic carbocycles. The maximum atomic E-state index is 12.4. The number of hydrogen-bond acceptors (Lipinski definition) is 5. The van der Waals surface area contributed by atoms with Crippen LogP contribution in [0.3, 0.4) is 0 Å². The molecular weight excluding hydrogens is 342 g/mol. The summed E-state index contributed by atoms with van der Waals surface area (Å²) < 4.78 is 5.04. The van der Waals surface area contributed by atoms with Crippen LogP contribution >= 0.6 is 0 Å². The number of benzene rings is 1. The average molecular weight is 369 g/mol. The zero-order valence-electron chi connectivity index (χ0n) is 15.9. The molecule has 0 spiro atoms. The lowest BCUT2D eigenvalue weighted by Crippen LogP contribution is -2.51. The van der Waals surface area contributed by atoms with E-state index in [9.17, 15) is 9.59 Å². The van der Waals surface area contributed by atoms with Crippen LogP contribution in [0.4, 0.5) is 0 Å². The first-order chi connectivity index (χ1) is 12.9. The molecule has 0 saturated heterocycles. The number of para-hydroxylation sites is 1. The van der Waals surface area contributed by atoms with Crippen LogP contribution in [0.2, 0.25) is 0 Å². The van der Waals surface area contributed by atoms with Gasteiger partial charge in [-0.15, -0.1) is 0 Å². The van der Waals surface area contributed by atoms with Crippen molar-refractivity contribution in [2.45, 2.75) is 38.8 Å². The number of aromatic nitrogens is 1. The molecule has 27 heavy (non-hydrogen) atoms. The van der Waals surface area contributed by atoms with Crippen molar-refractivity contribution < 1.29 is 14.3 Å². The van der Waals surface area contributed by atoms with Gasteiger partial charge < -0.3 is 15.8 Å². The van der Waals surface area contributed by atoms with Crippen LogP contribution in [-0.2, 0) is 20.7 Å². The van der Waals surface area contributed by atoms with Gasteiger partial charge in [-0.2, -0.15) is 0 Å². The van der Waals surface area contributed by atoms with Gasteiger partial charge in [0.05, 0.1) is 11.6 Å². The highest BCUT2D eigenvalue weighted by atomic mass is 16.5. The molecule has 0 aliphatic heterocycles. The van der Waals surface area contributed by atoms with Gasteiger partial charge in [0.2, 0.25) is 5.91 Å². The first-order valence-corrected chi connectivity index (χ1v) is 9.10. The van der Waals surface area contributed by atoms with Crippen molar-refractivity contribution in [1.82, 2.24) is 10.3 Å². The second kappa shape index (κ2) is 9.83. The van der Waals surface area contributed by atoms with Gasteiger partial charge in [0.15, 0.2) is 0 Å².